The molecule has 4 heteroatoms. The normalized spacial score (nSPS) is 11.4. The molecule has 0 fully saturated rings. The molecular weight excluding hydrogens is 272 g/mol. The molecule has 0 spiro atoms. The third-order valence-electron chi connectivity index (χ3n) is 1.93. The third-order valence-corrected chi connectivity index (χ3v) is 2.43. The number of esters is 1. The molecule has 3 nitrogen and oxygen atoms in total. The molecule has 0 aliphatic carbocycles. The van der Waals surface area contributed by atoms with Crippen LogP contribution in [0.3, 0.4) is 0 Å². The number of rotatable bonds is 3. The lowest BCUT2D eigenvalue weighted by Crippen LogP contribution is -2.25. The van der Waals surface area contributed by atoms with Crippen LogP contribution in [-0.2, 0) is 9.53 Å². The van der Waals surface area contributed by atoms with Crippen LogP contribution in [0.1, 0.15) is 12.5 Å². The van der Waals surface area contributed by atoms with E-state index < -0.39 is 12.1 Å². The first-order chi connectivity index (χ1) is 7.58. The molecule has 1 aromatic rings. The van der Waals surface area contributed by atoms with Gasteiger partial charge in [-0.2, -0.15) is 0 Å². The van der Waals surface area contributed by atoms with Crippen molar-refractivity contribution in [1.29, 1.82) is 0 Å². The summed E-state index contributed by atoms with van der Waals surface area (Å²) < 4.78 is 10.8. The predicted molar refractivity (Wildman–Crippen MR) is 64.2 cm³/mol. The lowest BCUT2D eigenvalue weighted by atomic mass is 10.2. The maximum Gasteiger partial charge on any atom is 0.346 e. The number of methoxy groups -OCH3 is 1. The Labute approximate surface area is 103 Å². The molecule has 0 saturated heterocycles. The third kappa shape index (κ3) is 3.01. The van der Waals surface area contributed by atoms with E-state index in [-0.39, 0.29) is 0 Å². The lowest BCUT2D eigenvalue weighted by Gasteiger charge is -2.13. The SMILES string of the molecule is C#Cc1cc(Br)ccc1OC(C)C(=O)OC. The first kappa shape index (κ1) is 12.6. The Hall–Kier alpha value is -1.47. The highest BCUT2D eigenvalue weighted by Gasteiger charge is 2.16. The zero-order valence-electron chi connectivity index (χ0n) is 8.99. The van der Waals surface area contributed by atoms with Crippen LogP contribution in [0, 0.1) is 12.3 Å². The van der Waals surface area contributed by atoms with Crippen molar-refractivity contribution in [2.45, 2.75) is 13.0 Å². The summed E-state index contributed by atoms with van der Waals surface area (Å²) in [7, 11) is 1.31. The monoisotopic (exact) mass is 282 g/mol. The molecule has 0 aromatic heterocycles. The summed E-state index contributed by atoms with van der Waals surface area (Å²) >= 11 is 3.30. The van der Waals surface area contributed by atoms with Gasteiger partial charge in [0.1, 0.15) is 5.75 Å². The number of hydrogen-bond donors (Lipinski definition) is 0. The fraction of sp³-hybridized carbons (Fsp3) is 0.250. The van der Waals surface area contributed by atoms with Crippen LogP contribution in [0.25, 0.3) is 0 Å². The van der Waals surface area contributed by atoms with Gasteiger partial charge in [0, 0.05) is 4.47 Å². The number of ether oxygens (including phenoxy) is 2. The van der Waals surface area contributed by atoms with Crippen LogP contribution >= 0.6 is 15.9 Å². The quantitative estimate of drug-likeness (QED) is 0.631. The molecular formula is C12H11BrO3. The zero-order valence-corrected chi connectivity index (χ0v) is 10.6. The van der Waals surface area contributed by atoms with Crippen molar-refractivity contribution < 1.29 is 14.3 Å². The lowest BCUT2D eigenvalue weighted by molar-refractivity contribution is -0.147. The Kier molecular flexibility index (Phi) is 4.39. The molecule has 0 radical (unpaired) electrons. The first-order valence-electron chi connectivity index (χ1n) is 4.59. The van der Waals surface area contributed by atoms with Crippen molar-refractivity contribution in [3.8, 4) is 18.1 Å². The Morgan fingerprint density at radius 1 is 1.56 bits per heavy atom. The van der Waals surface area contributed by atoms with Gasteiger partial charge in [0.25, 0.3) is 0 Å². The van der Waals surface area contributed by atoms with Gasteiger partial charge in [-0.05, 0) is 25.1 Å². The minimum atomic E-state index is -0.682. The number of hydrogen-bond acceptors (Lipinski definition) is 3. The van der Waals surface area contributed by atoms with Gasteiger partial charge in [-0.15, -0.1) is 6.42 Å². The molecule has 1 rings (SSSR count). The second kappa shape index (κ2) is 5.57. The van der Waals surface area contributed by atoms with Crippen LogP contribution in [0.5, 0.6) is 5.75 Å². The average Bonchev–Trinajstić information content (AvgIpc) is 2.30. The molecule has 0 heterocycles. The minimum Gasteiger partial charge on any atom is -0.478 e. The Balaban J connectivity index is 2.90. The summed E-state index contributed by atoms with van der Waals surface area (Å²) in [6.07, 6.45) is 4.65. The highest BCUT2D eigenvalue weighted by Crippen LogP contribution is 2.23. The van der Waals surface area contributed by atoms with Crippen molar-refractivity contribution in [2.24, 2.45) is 0 Å². The Bertz CT molecular complexity index is 434. The van der Waals surface area contributed by atoms with E-state index in [2.05, 4.69) is 26.6 Å². The molecule has 0 amide bonds. The Morgan fingerprint density at radius 3 is 2.81 bits per heavy atom. The van der Waals surface area contributed by atoms with Gasteiger partial charge in [-0.25, -0.2) is 4.79 Å². The zero-order chi connectivity index (χ0) is 12.1. The van der Waals surface area contributed by atoms with E-state index in [4.69, 9.17) is 11.2 Å². The highest BCUT2D eigenvalue weighted by atomic mass is 79.9. The summed E-state index contributed by atoms with van der Waals surface area (Å²) in [5, 5.41) is 0. The van der Waals surface area contributed by atoms with E-state index in [1.807, 2.05) is 0 Å². The van der Waals surface area contributed by atoms with Crippen LogP contribution in [0.15, 0.2) is 22.7 Å². The molecule has 1 unspecified atom stereocenters. The van der Waals surface area contributed by atoms with Crippen molar-refractivity contribution in [3.63, 3.8) is 0 Å². The van der Waals surface area contributed by atoms with Crippen molar-refractivity contribution >= 4 is 21.9 Å². The van der Waals surface area contributed by atoms with E-state index in [9.17, 15) is 4.79 Å². The van der Waals surface area contributed by atoms with E-state index in [1.165, 1.54) is 7.11 Å². The molecule has 0 aliphatic heterocycles. The summed E-state index contributed by atoms with van der Waals surface area (Å²) in [6, 6.07) is 5.25. The van der Waals surface area contributed by atoms with Gasteiger partial charge in [-0.3, -0.25) is 0 Å². The summed E-state index contributed by atoms with van der Waals surface area (Å²) in [6.45, 7) is 1.61. The van der Waals surface area contributed by atoms with Crippen molar-refractivity contribution in [1.82, 2.24) is 0 Å². The highest BCUT2D eigenvalue weighted by molar-refractivity contribution is 9.10. The van der Waals surface area contributed by atoms with Crippen LogP contribution < -0.4 is 4.74 Å². The predicted octanol–water partition coefficient (Wildman–Crippen LogP) is 2.37. The molecule has 0 saturated carbocycles. The second-order valence-electron chi connectivity index (χ2n) is 3.07. The van der Waals surface area contributed by atoms with Crippen LogP contribution in [0.2, 0.25) is 0 Å². The van der Waals surface area contributed by atoms with Gasteiger partial charge in [-0.1, -0.05) is 21.9 Å². The number of carbonyl (C=O) groups excluding carboxylic acids is 1. The summed E-state index contributed by atoms with van der Waals surface area (Å²) in [5.41, 5.74) is 0.588. The fourth-order valence-corrected chi connectivity index (χ4v) is 1.48. The van der Waals surface area contributed by atoms with E-state index in [0.29, 0.717) is 11.3 Å². The van der Waals surface area contributed by atoms with E-state index >= 15 is 0 Å². The standard InChI is InChI=1S/C12H11BrO3/c1-4-9-7-10(13)5-6-11(9)16-8(2)12(14)15-3/h1,5-8H,2-3H3. The fourth-order valence-electron chi connectivity index (χ4n) is 1.12. The van der Waals surface area contributed by atoms with Crippen LogP contribution in [0.4, 0.5) is 0 Å². The first-order valence-corrected chi connectivity index (χ1v) is 5.38. The number of halogens is 1. The van der Waals surface area contributed by atoms with E-state index in [1.54, 1.807) is 25.1 Å². The Morgan fingerprint density at radius 2 is 2.25 bits per heavy atom. The van der Waals surface area contributed by atoms with E-state index in [0.717, 1.165) is 4.47 Å². The largest absolute Gasteiger partial charge is 0.478 e. The number of benzene rings is 1. The minimum absolute atomic E-state index is 0.439. The maximum absolute atomic E-state index is 11.2. The number of terminal acetylenes is 1. The van der Waals surface area contributed by atoms with Gasteiger partial charge in [0.15, 0.2) is 6.10 Å². The molecule has 84 valence electrons. The smallest absolute Gasteiger partial charge is 0.346 e. The number of carbonyl (C=O) groups is 1. The second-order valence-corrected chi connectivity index (χ2v) is 3.98. The maximum atomic E-state index is 11.2. The van der Waals surface area contributed by atoms with Gasteiger partial charge in [0.05, 0.1) is 12.7 Å². The molecule has 0 aliphatic rings. The average molecular weight is 283 g/mol. The topological polar surface area (TPSA) is 35.5 Å². The van der Waals surface area contributed by atoms with Crippen molar-refractivity contribution in [2.75, 3.05) is 7.11 Å². The summed E-state index contributed by atoms with van der Waals surface area (Å²) in [4.78, 5) is 11.2. The van der Waals surface area contributed by atoms with Gasteiger partial charge in [0.2, 0.25) is 0 Å². The van der Waals surface area contributed by atoms with Crippen molar-refractivity contribution in [3.05, 3.63) is 28.2 Å². The molecule has 0 bridgehead atoms. The molecule has 0 N–H and O–H groups in total. The molecule has 16 heavy (non-hydrogen) atoms. The van der Waals surface area contributed by atoms with Gasteiger partial charge >= 0.3 is 5.97 Å². The molecule has 1 aromatic carbocycles. The molecule has 1 atom stereocenters. The summed E-state index contributed by atoms with van der Waals surface area (Å²) in [5.74, 6) is 2.54. The van der Waals surface area contributed by atoms with Gasteiger partial charge < -0.3 is 9.47 Å². The van der Waals surface area contributed by atoms with Crippen LogP contribution in [-0.4, -0.2) is 19.2 Å².